The Balaban J connectivity index is 2.75. The molecule has 2 rings (SSSR count). The molecule has 0 spiro atoms. The molecule has 0 saturated carbocycles. The average Bonchev–Trinajstić information content (AvgIpc) is 2.49. The number of para-hydroxylation sites is 1. The molecule has 0 aliphatic heterocycles. The summed E-state index contributed by atoms with van der Waals surface area (Å²) in [5.41, 5.74) is -0.467. The lowest BCUT2D eigenvalue weighted by atomic mass is 10.1. The fraction of sp³-hybridized carbons (Fsp3) is 0.200. The number of carboxylic acid groups (broad SMARTS) is 1. The van der Waals surface area contributed by atoms with E-state index in [9.17, 15) is 19.5 Å². The van der Waals surface area contributed by atoms with Crippen LogP contribution in [0.4, 0.5) is 0 Å². The SMILES string of the molecule is CC(C)=Nn1c(=O)c(C(=O)NCC(=O)O)c(O)c2ccccc21. The third-order valence-corrected chi connectivity index (χ3v) is 2.96. The van der Waals surface area contributed by atoms with Crippen LogP contribution in [0.5, 0.6) is 5.75 Å². The summed E-state index contributed by atoms with van der Waals surface area (Å²) >= 11 is 0. The van der Waals surface area contributed by atoms with Crippen LogP contribution >= 0.6 is 0 Å². The fourth-order valence-corrected chi connectivity index (χ4v) is 2.06. The minimum atomic E-state index is -1.26. The van der Waals surface area contributed by atoms with E-state index in [1.165, 1.54) is 6.07 Å². The largest absolute Gasteiger partial charge is 0.506 e. The number of benzene rings is 1. The van der Waals surface area contributed by atoms with Crippen molar-refractivity contribution < 1.29 is 19.8 Å². The first-order valence-corrected chi connectivity index (χ1v) is 6.71. The molecule has 3 N–H and O–H groups in total. The first-order chi connectivity index (χ1) is 10.8. The second kappa shape index (κ2) is 6.30. The van der Waals surface area contributed by atoms with Crippen molar-refractivity contribution in [1.29, 1.82) is 0 Å². The fourth-order valence-electron chi connectivity index (χ4n) is 2.06. The number of nitrogens with one attached hydrogen (secondary N) is 1. The first-order valence-electron chi connectivity index (χ1n) is 6.71. The maximum Gasteiger partial charge on any atom is 0.322 e. The van der Waals surface area contributed by atoms with Crippen LogP contribution in [0, 0.1) is 0 Å². The van der Waals surface area contributed by atoms with Crippen LogP contribution in [-0.4, -0.2) is 39.0 Å². The van der Waals surface area contributed by atoms with Crippen molar-refractivity contribution in [3.05, 3.63) is 40.2 Å². The average molecular weight is 317 g/mol. The zero-order chi connectivity index (χ0) is 17.1. The monoisotopic (exact) mass is 317 g/mol. The summed E-state index contributed by atoms with van der Waals surface area (Å²) in [4.78, 5) is 35.1. The third kappa shape index (κ3) is 3.20. The van der Waals surface area contributed by atoms with E-state index in [2.05, 4.69) is 10.4 Å². The highest BCUT2D eigenvalue weighted by atomic mass is 16.4. The Bertz CT molecular complexity index is 879. The maximum atomic E-state index is 12.5. The highest BCUT2D eigenvalue weighted by Gasteiger charge is 2.22. The number of aromatic hydroxyl groups is 1. The molecule has 23 heavy (non-hydrogen) atoms. The minimum Gasteiger partial charge on any atom is -0.506 e. The normalized spacial score (nSPS) is 10.3. The number of hydrogen-bond donors (Lipinski definition) is 3. The molecule has 0 bridgehead atoms. The summed E-state index contributed by atoms with van der Waals surface area (Å²) in [6.07, 6.45) is 0. The van der Waals surface area contributed by atoms with Gasteiger partial charge in [-0.05, 0) is 26.0 Å². The van der Waals surface area contributed by atoms with Gasteiger partial charge in [-0.25, -0.2) is 0 Å². The Kier molecular flexibility index (Phi) is 4.44. The maximum absolute atomic E-state index is 12.5. The van der Waals surface area contributed by atoms with Crippen LogP contribution < -0.4 is 10.9 Å². The third-order valence-electron chi connectivity index (χ3n) is 2.96. The minimum absolute atomic E-state index is 0.262. The van der Waals surface area contributed by atoms with Crippen molar-refractivity contribution >= 4 is 28.5 Å². The second-order valence-electron chi connectivity index (χ2n) is 4.98. The molecule has 8 nitrogen and oxygen atoms in total. The van der Waals surface area contributed by atoms with E-state index in [4.69, 9.17) is 5.11 Å². The molecule has 0 aliphatic carbocycles. The zero-order valence-electron chi connectivity index (χ0n) is 12.5. The van der Waals surface area contributed by atoms with E-state index in [0.717, 1.165) is 4.68 Å². The topological polar surface area (TPSA) is 121 Å². The number of rotatable bonds is 4. The quantitative estimate of drug-likeness (QED) is 0.719. The second-order valence-corrected chi connectivity index (χ2v) is 4.98. The van der Waals surface area contributed by atoms with Crippen molar-refractivity contribution in [1.82, 2.24) is 9.99 Å². The number of aromatic nitrogens is 1. The van der Waals surface area contributed by atoms with E-state index >= 15 is 0 Å². The van der Waals surface area contributed by atoms with Gasteiger partial charge in [0.2, 0.25) is 0 Å². The van der Waals surface area contributed by atoms with Gasteiger partial charge in [-0.3, -0.25) is 14.4 Å². The van der Waals surface area contributed by atoms with E-state index in [1.807, 2.05) is 0 Å². The van der Waals surface area contributed by atoms with Gasteiger partial charge in [-0.2, -0.15) is 9.78 Å². The van der Waals surface area contributed by atoms with Gasteiger partial charge in [-0.1, -0.05) is 12.1 Å². The summed E-state index contributed by atoms with van der Waals surface area (Å²) in [6.45, 7) is 2.69. The number of nitrogens with zero attached hydrogens (tertiary/aromatic N) is 2. The van der Waals surface area contributed by atoms with Crippen LogP contribution in [-0.2, 0) is 4.79 Å². The van der Waals surface area contributed by atoms with E-state index in [-0.39, 0.29) is 5.39 Å². The number of pyridine rings is 1. The molecule has 1 amide bonds. The van der Waals surface area contributed by atoms with Crippen molar-refractivity contribution in [2.45, 2.75) is 13.8 Å². The molecule has 0 atom stereocenters. The van der Waals surface area contributed by atoms with Crippen molar-refractivity contribution in [3.63, 3.8) is 0 Å². The number of hydrogen-bond acceptors (Lipinski definition) is 5. The highest BCUT2D eigenvalue weighted by molar-refractivity contribution is 6.03. The van der Waals surface area contributed by atoms with Gasteiger partial charge in [0.05, 0.1) is 5.52 Å². The molecule has 0 unspecified atom stereocenters. The Labute approximate surface area is 130 Å². The van der Waals surface area contributed by atoms with Gasteiger partial charge in [0, 0.05) is 11.1 Å². The molecule has 1 heterocycles. The van der Waals surface area contributed by atoms with E-state index < -0.39 is 35.3 Å². The van der Waals surface area contributed by atoms with Crippen LogP contribution in [0.25, 0.3) is 10.9 Å². The number of carboxylic acids is 1. The number of fused-ring (bicyclic) bond motifs is 1. The lowest BCUT2D eigenvalue weighted by Crippen LogP contribution is -2.35. The summed E-state index contributed by atoms with van der Waals surface area (Å²) in [5.74, 6) is -2.74. The van der Waals surface area contributed by atoms with Crippen molar-refractivity contribution in [2.24, 2.45) is 5.10 Å². The van der Waals surface area contributed by atoms with Gasteiger partial charge >= 0.3 is 5.97 Å². The molecule has 0 fully saturated rings. The molecule has 8 heteroatoms. The van der Waals surface area contributed by atoms with Crippen LogP contribution in [0.1, 0.15) is 24.2 Å². The Morgan fingerprint density at radius 2 is 1.91 bits per heavy atom. The van der Waals surface area contributed by atoms with Gasteiger partial charge in [0.1, 0.15) is 17.9 Å². The van der Waals surface area contributed by atoms with E-state index in [1.54, 1.807) is 32.0 Å². The molecule has 0 radical (unpaired) electrons. The number of carbonyl (C=O) groups is 2. The lowest BCUT2D eigenvalue weighted by molar-refractivity contribution is -0.135. The van der Waals surface area contributed by atoms with Gasteiger partial charge in [0.15, 0.2) is 0 Å². The molecule has 120 valence electrons. The summed E-state index contributed by atoms with van der Waals surface area (Å²) in [7, 11) is 0. The summed E-state index contributed by atoms with van der Waals surface area (Å²) < 4.78 is 1.01. The first kappa shape index (κ1) is 16.2. The molecular formula is C15H15N3O5. The Morgan fingerprint density at radius 1 is 1.26 bits per heavy atom. The lowest BCUT2D eigenvalue weighted by Gasteiger charge is -2.11. The van der Waals surface area contributed by atoms with Gasteiger partial charge in [-0.15, -0.1) is 0 Å². The standard InChI is InChI=1S/C15H15N3O5/c1-8(2)17-18-10-6-4-3-5-9(10)13(21)12(15(18)23)14(22)16-7-11(19)20/h3-6,21H,7H2,1-2H3,(H,16,22)(H,19,20). The van der Waals surface area contributed by atoms with Gasteiger partial charge in [0.25, 0.3) is 11.5 Å². The van der Waals surface area contributed by atoms with Crippen molar-refractivity contribution in [3.8, 4) is 5.75 Å². The van der Waals surface area contributed by atoms with E-state index in [0.29, 0.717) is 11.2 Å². The molecule has 1 aromatic heterocycles. The summed E-state index contributed by atoms with van der Waals surface area (Å²) in [6, 6.07) is 6.43. The zero-order valence-corrected chi connectivity index (χ0v) is 12.5. The van der Waals surface area contributed by atoms with Crippen LogP contribution in [0.3, 0.4) is 0 Å². The smallest absolute Gasteiger partial charge is 0.322 e. The highest BCUT2D eigenvalue weighted by Crippen LogP contribution is 2.26. The predicted molar refractivity (Wildman–Crippen MR) is 84.0 cm³/mol. The summed E-state index contributed by atoms with van der Waals surface area (Å²) in [5, 5.41) is 25.3. The number of aliphatic carboxylic acids is 1. The number of carbonyl (C=O) groups excluding carboxylic acids is 1. The Hall–Kier alpha value is -3.16. The van der Waals surface area contributed by atoms with Gasteiger partial charge < -0.3 is 15.5 Å². The number of amides is 1. The van der Waals surface area contributed by atoms with Crippen LogP contribution in [0.2, 0.25) is 0 Å². The molecule has 0 aliphatic rings. The molecular weight excluding hydrogens is 302 g/mol. The molecule has 0 saturated heterocycles. The Morgan fingerprint density at radius 3 is 2.52 bits per heavy atom. The molecule has 1 aromatic carbocycles. The van der Waals surface area contributed by atoms with Crippen LogP contribution in [0.15, 0.2) is 34.2 Å². The van der Waals surface area contributed by atoms with Crippen molar-refractivity contribution in [2.75, 3.05) is 6.54 Å². The molecule has 2 aromatic rings. The predicted octanol–water partition coefficient (Wildman–Crippen LogP) is 0.765.